The highest BCUT2D eigenvalue weighted by Crippen LogP contribution is 2.27. The Labute approximate surface area is 149 Å². The Bertz CT molecular complexity index is 707. The van der Waals surface area contributed by atoms with Crippen molar-refractivity contribution in [3.63, 3.8) is 0 Å². The molecule has 2 aliphatic rings. The third-order valence-electron chi connectivity index (χ3n) is 5.35. The molecule has 0 unspecified atom stereocenters. The van der Waals surface area contributed by atoms with E-state index in [0.29, 0.717) is 6.54 Å². The highest BCUT2D eigenvalue weighted by molar-refractivity contribution is 7.91. The van der Waals surface area contributed by atoms with Crippen molar-refractivity contribution in [3.8, 4) is 0 Å². The zero-order valence-corrected chi connectivity index (χ0v) is 15.9. The molecule has 2 saturated heterocycles. The second kappa shape index (κ2) is 7.45. The monoisotopic (exact) mass is 368 g/mol. The lowest BCUT2D eigenvalue weighted by molar-refractivity contribution is -0.134. The van der Waals surface area contributed by atoms with E-state index < -0.39 is 15.9 Å². The molecule has 7 nitrogen and oxygen atoms in total. The standard InChI is InChI=1S/C17H28N4O3S/c1-3-20-11-15(10-18-20)16-13-25(23,24)9-8-21(16)17(22)12-19-6-4-14(2)5-7-19/h10-11,14,16H,3-9,12-13H2,1-2H3/t16-/m0/s1. The van der Waals surface area contributed by atoms with Gasteiger partial charge in [-0.05, 0) is 38.8 Å². The first kappa shape index (κ1) is 18.4. The first-order chi connectivity index (χ1) is 11.9. The Balaban J connectivity index is 1.73. The molecule has 0 aromatic carbocycles. The summed E-state index contributed by atoms with van der Waals surface area (Å²) in [6, 6.07) is -0.421. The fourth-order valence-corrected chi connectivity index (χ4v) is 5.10. The van der Waals surface area contributed by atoms with Crippen molar-refractivity contribution < 1.29 is 13.2 Å². The summed E-state index contributed by atoms with van der Waals surface area (Å²) in [7, 11) is -3.13. The molecule has 0 radical (unpaired) electrons. The minimum atomic E-state index is -3.13. The summed E-state index contributed by atoms with van der Waals surface area (Å²) >= 11 is 0. The average Bonchev–Trinajstić information content (AvgIpc) is 3.05. The molecule has 0 aliphatic carbocycles. The highest BCUT2D eigenvalue weighted by Gasteiger charge is 2.36. The number of carbonyl (C=O) groups excluding carboxylic acids is 1. The lowest BCUT2D eigenvalue weighted by atomic mass is 9.99. The normalized spacial score (nSPS) is 25.2. The van der Waals surface area contributed by atoms with Gasteiger partial charge in [-0.1, -0.05) is 6.92 Å². The van der Waals surface area contributed by atoms with Crippen molar-refractivity contribution in [1.29, 1.82) is 0 Å². The molecule has 1 aromatic heterocycles. The smallest absolute Gasteiger partial charge is 0.237 e. The van der Waals surface area contributed by atoms with Crippen LogP contribution in [0.25, 0.3) is 0 Å². The number of aryl methyl sites for hydroxylation is 1. The van der Waals surface area contributed by atoms with Gasteiger partial charge in [0.05, 0.1) is 30.3 Å². The molecular formula is C17H28N4O3S. The molecule has 2 aliphatic heterocycles. The Morgan fingerprint density at radius 1 is 1.28 bits per heavy atom. The van der Waals surface area contributed by atoms with E-state index in [4.69, 9.17) is 0 Å². The highest BCUT2D eigenvalue weighted by atomic mass is 32.2. The van der Waals surface area contributed by atoms with E-state index in [2.05, 4.69) is 16.9 Å². The van der Waals surface area contributed by atoms with Crippen LogP contribution >= 0.6 is 0 Å². The van der Waals surface area contributed by atoms with Gasteiger partial charge in [0.2, 0.25) is 5.91 Å². The largest absolute Gasteiger partial charge is 0.332 e. The van der Waals surface area contributed by atoms with Gasteiger partial charge in [0.25, 0.3) is 0 Å². The van der Waals surface area contributed by atoms with Crippen LogP contribution in [0.5, 0.6) is 0 Å². The Hall–Kier alpha value is -1.41. The van der Waals surface area contributed by atoms with Crippen LogP contribution in [0.2, 0.25) is 0 Å². The summed E-state index contributed by atoms with van der Waals surface area (Å²) in [6.45, 7) is 7.48. The molecule has 0 N–H and O–H groups in total. The van der Waals surface area contributed by atoms with E-state index in [9.17, 15) is 13.2 Å². The first-order valence-electron chi connectivity index (χ1n) is 9.12. The van der Waals surface area contributed by atoms with Crippen molar-refractivity contribution >= 4 is 15.7 Å². The van der Waals surface area contributed by atoms with Crippen LogP contribution in [0.1, 0.15) is 38.3 Å². The van der Waals surface area contributed by atoms with Gasteiger partial charge in [-0.3, -0.25) is 14.4 Å². The van der Waals surface area contributed by atoms with Crippen LogP contribution in [0, 0.1) is 5.92 Å². The Morgan fingerprint density at radius 2 is 2.00 bits per heavy atom. The second-order valence-electron chi connectivity index (χ2n) is 7.31. The summed E-state index contributed by atoms with van der Waals surface area (Å²) in [5, 5.41) is 4.25. The van der Waals surface area contributed by atoms with E-state index in [1.165, 1.54) is 0 Å². The van der Waals surface area contributed by atoms with Crippen LogP contribution in [0.4, 0.5) is 0 Å². The summed E-state index contributed by atoms with van der Waals surface area (Å²) in [5.41, 5.74) is 0.811. The summed E-state index contributed by atoms with van der Waals surface area (Å²) in [6.07, 6.45) is 5.79. The fourth-order valence-electron chi connectivity index (χ4n) is 3.61. The second-order valence-corrected chi connectivity index (χ2v) is 9.53. The number of likely N-dealkylation sites (tertiary alicyclic amines) is 1. The third kappa shape index (κ3) is 4.41. The third-order valence-corrected chi connectivity index (χ3v) is 6.98. The molecule has 8 heteroatoms. The van der Waals surface area contributed by atoms with Gasteiger partial charge in [-0.2, -0.15) is 5.10 Å². The van der Waals surface area contributed by atoms with Gasteiger partial charge in [0, 0.05) is 24.8 Å². The number of sulfone groups is 1. The zero-order valence-electron chi connectivity index (χ0n) is 15.1. The van der Waals surface area contributed by atoms with Gasteiger partial charge in [-0.25, -0.2) is 8.42 Å². The number of amides is 1. The Kier molecular flexibility index (Phi) is 5.48. The molecule has 1 aromatic rings. The molecule has 1 atom stereocenters. The molecule has 25 heavy (non-hydrogen) atoms. The fraction of sp³-hybridized carbons (Fsp3) is 0.765. The molecule has 0 saturated carbocycles. The van der Waals surface area contributed by atoms with Crippen LogP contribution < -0.4 is 0 Å². The number of hydrogen-bond donors (Lipinski definition) is 0. The van der Waals surface area contributed by atoms with E-state index in [0.717, 1.165) is 44.0 Å². The predicted molar refractivity (Wildman–Crippen MR) is 95.8 cm³/mol. The topological polar surface area (TPSA) is 75.5 Å². The number of carbonyl (C=O) groups is 1. The number of hydrogen-bond acceptors (Lipinski definition) is 5. The number of nitrogens with zero attached hydrogens (tertiary/aromatic N) is 4. The van der Waals surface area contributed by atoms with Gasteiger partial charge >= 0.3 is 0 Å². The summed E-state index contributed by atoms with van der Waals surface area (Å²) in [4.78, 5) is 16.8. The van der Waals surface area contributed by atoms with Crippen LogP contribution in [-0.2, 0) is 21.2 Å². The van der Waals surface area contributed by atoms with Gasteiger partial charge in [0.15, 0.2) is 9.84 Å². The molecule has 2 fully saturated rings. The van der Waals surface area contributed by atoms with Gasteiger partial charge in [-0.15, -0.1) is 0 Å². The van der Waals surface area contributed by atoms with E-state index in [-0.39, 0.29) is 24.0 Å². The van der Waals surface area contributed by atoms with Crippen LogP contribution in [0.3, 0.4) is 0 Å². The lowest BCUT2D eigenvalue weighted by Crippen LogP contribution is -2.50. The molecule has 0 bridgehead atoms. The van der Waals surface area contributed by atoms with E-state index in [1.807, 2.05) is 13.1 Å². The molecule has 3 rings (SSSR count). The van der Waals surface area contributed by atoms with Gasteiger partial charge < -0.3 is 4.90 Å². The number of aromatic nitrogens is 2. The maximum Gasteiger partial charge on any atom is 0.237 e. The van der Waals surface area contributed by atoms with Crippen molar-refractivity contribution in [1.82, 2.24) is 19.6 Å². The Morgan fingerprint density at radius 3 is 2.64 bits per heavy atom. The first-order valence-corrected chi connectivity index (χ1v) is 10.9. The van der Waals surface area contributed by atoms with Gasteiger partial charge in [0.1, 0.15) is 0 Å². The van der Waals surface area contributed by atoms with Crippen LogP contribution in [0.15, 0.2) is 12.4 Å². The van der Waals surface area contributed by atoms with Crippen LogP contribution in [-0.4, -0.2) is 71.6 Å². The molecule has 3 heterocycles. The quantitative estimate of drug-likeness (QED) is 0.790. The maximum absolute atomic E-state index is 12.9. The minimum Gasteiger partial charge on any atom is -0.332 e. The number of rotatable bonds is 4. The van der Waals surface area contributed by atoms with Crippen molar-refractivity contribution in [3.05, 3.63) is 18.0 Å². The lowest BCUT2D eigenvalue weighted by Gasteiger charge is -2.37. The predicted octanol–water partition coefficient (Wildman–Crippen LogP) is 0.933. The van der Waals surface area contributed by atoms with Crippen molar-refractivity contribution in [2.45, 2.75) is 39.3 Å². The molecule has 140 valence electrons. The van der Waals surface area contributed by atoms with E-state index in [1.54, 1.807) is 15.8 Å². The SMILES string of the molecule is CCn1cc([C@@H]2CS(=O)(=O)CCN2C(=O)CN2CCC(C)CC2)cn1. The number of piperidine rings is 1. The molecule has 0 spiro atoms. The summed E-state index contributed by atoms with van der Waals surface area (Å²) in [5.74, 6) is 0.789. The van der Waals surface area contributed by atoms with Crippen molar-refractivity contribution in [2.75, 3.05) is 37.7 Å². The maximum atomic E-state index is 12.9. The zero-order chi connectivity index (χ0) is 18.0. The summed E-state index contributed by atoms with van der Waals surface area (Å²) < 4.78 is 26.0. The minimum absolute atomic E-state index is 0.00875. The molecule has 1 amide bonds. The van der Waals surface area contributed by atoms with E-state index >= 15 is 0 Å². The molecular weight excluding hydrogens is 340 g/mol. The average molecular weight is 369 g/mol. The van der Waals surface area contributed by atoms with Crippen molar-refractivity contribution in [2.24, 2.45) is 5.92 Å².